The lowest BCUT2D eigenvalue weighted by Gasteiger charge is -2.29. The highest BCUT2D eigenvalue weighted by Gasteiger charge is 2.40. The van der Waals surface area contributed by atoms with Gasteiger partial charge in [-0.05, 0) is 81.0 Å². The number of fused-ring (bicyclic) bond motifs is 5. The summed E-state index contributed by atoms with van der Waals surface area (Å²) < 4.78 is 31.8. The van der Waals surface area contributed by atoms with E-state index in [-0.39, 0.29) is 73.2 Å². The number of hydrogen-bond donors (Lipinski definition) is 5. The molecule has 3 atom stereocenters. The summed E-state index contributed by atoms with van der Waals surface area (Å²) in [6, 6.07) is 14.0. The van der Waals surface area contributed by atoms with Crippen molar-refractivity contribution in [3.63, 3.8) is 0 Å². The molecule has 1 saturated carbocycles. The third kappa shape index (κ3) is 8.44. The fourth-order valence-electron chi connectivity index (χ4n) is 10.2. The third-order valence-corrected chi connectivity index (χ3v) is 13.6. The van der Waals surface area contributed by atoms with Gasteiger partial charge in [0.05, 0.1) is 70.6 Å². The van der Waals surface area contributed by atoms with Gasteiger partial charge in [0.25, 0.3) is 11.8 Å². The van der Waals surface area contributed by atoms with E-state index in [1.54, 1.807) is 52.8 Å². The number of H-pyrrole nitrogens is 1. The van der Waals surface area contributed by atoms with Crippen LogP contribution in [0.1, 0.15) is 84.3 Å². The number of hydrogen-bond acceptors (Lipinski definition) is 11. The van der Waals surface area contributed by atoms with E-state index in [0.29, 0.717) is 63.7 Å². The van der Waals surface area contributed by atoms with Crippen molar-refractivity contribution in [2.75, 3.05) is 32.2 Å². The van der Waals surface area contributed by atoms with Crippen molar-refractivity contribution in [3.05, 3.63) is 100.0 Å². The molecule has 1 unspecified atom stereocenters. The van der Waals surface area contributed by atoms with Gasteiger partial charge in [-0.2, -0.15) is 5.10 Å². The molecule has 366 valence electrons. The number of ether oxygens (including phenoxy) is 2. The van der Waals surface area contributed by atoms with Gasteiger partial charge in [-0.1, -0.05) is 24.3 Å². The Kier molecular flexibility index (Phi) is 12.2. The zero-order chi connectivity index (χ0) is 49.8. The van der Waals surface area contributed by atoms with Gasteiger partial charge >= 0.3 is 11.8 Å². The summed E-state index contributed by atoms with van der Waals surface area (Å²) in [7, 11) is 3.00. The number of nitrogens with zero attached hydrogens (tertiary/aromatic N) is 6. The molecule has 3 aliphatic rings. The quantitative estimate of drug-likeness (QED) is 0.0741. The van der Waals surface area contributed by atoms with E-state index in [2.05, 4.69) is 31.3 Å². The van der Waals surface area contributed by atoms with Crippen LogP contribution in [0, 0.1) is 5.82 Å². The summed E-state index contributed by atoms with van der Waals surface area (Å²) in [6.45, 7) is 3.67. The number of methoxy groups -OCH3 is 1. The fraction of sp³-hybridized carbons (Fsp3) is 0.340. The van der Waals surface area contributed by atoms with E-state index in [1.165, 1.54) is 24.1 Å². The number of halogens is 1. The zero-order valence-electron chi connectivity index (χ0n) is 39.3. The predicted octanol–water partition coefficient (Wildman–Crippen LogP) is 5.22. The van der Waals surface area contributed by atoms with E-state index in [1.807, 2.05) is 36.7 Å². The van der Waals surface area contributed by atoms with Crippen LogP contribution in [-0.2, 0) is 37.4 Å². The number of imide groups is 1. The SMILES string of the molecule is COC(=O)N[C@@H]1CC[C@@H](n2c(=O)n(C)c3cnc4[nH]c(-c5ccc(C(=O)NCCOCC(=O)Nc6cccc7c6C(=O)N(C6CCC(=O)NC6=O)C7)c(F)c5)c(-c5ccc6c(cnn6C(C)C)c5)c4c32)C1. The molecule has 6 amide bonds. The van der Waals surface area contributed by atoms with Gasteiger partial charge in [-0.25, -0.2) is 19.0 Å². The number of carbonyl (C=O) groups excluding carboxylic acids is 6. The van der Waals surface area contributed by atoms with Crippen molar-refractivity contribution < 1.29 is 42.6 Å². The Morgan fingerprint density at radius 2 is 1.77 bits per heavy atom. The zero-order valence-corrected chi connectivity index (χ0v) is 39.3. The van der Waals surface area contributed by atoms with Crippen LogP contribution in [0.2, 0.25) is 0 Å². The molecule has 4 aromatic heterocycles. The fourth-order valence-corrected chi connectivity index (χ4v) is 10.2. The molecule has 20 nitrogen and oxygen atoms in total. The van der Waals surface area contributed by atoms with Gasteiger partial charge in [-0.3, -0.25) is 43.1 Å². The Morgan fingerprint density at radius 3 is 2.55 bits per heavy atom. The van der Waals surface area contributed by atoms with Gasteiger partial charge in [-0.15, -0.1) is 0 Å². The van der Waals surface area contributed by atoms with Gasteiger partial charge in [0.1, 0.15) is 24.1 Å². The molecule has 0 radical (unpaired) electrons. The second kappa shape index (κ2) is 18.6. The number of aromatic amines is 1. The van der Waals surface area contributed by atoms with Crippen LogP contribution < -0.4 is 27.0 Å². The van der Waals surface area contributed by atoms with Crippen LogP contribution in [0.25, 0.3) is 55.4 Å². The van der Waals surface area contributed by atoms with Crippen LogP contribution >= 0.6 is 0 Å². The highest BCUT2D eigenvalue weighted by Crippen LogP contribution is 2.44. The Hall–Kier alpha value is -8.20. The molecule has 1 saturated heterocycles. The minimum absolute atomic E-state index is 0.0591. The second-order valence-electron chi connectivity index (χ2n) is 18.3. The highest BCUT2D eigenvalue weighted by atomic mass is 19.1. The third-order valence-electron chi connectivity index (χ3n) is 13.6. The summed E-state index contributed by atoms with van der Waals surface area (Å²) in [5.41, 5.74) is 5.59. The summed E-state index contributed by atoms with van der Waals surface area (Å²) in [5, 5.41) is 16.6. The lowest BCUT2D eigenvalue weighted by Crippen LogP contribution is -2.52. The van der Waals surface area contributed by atoms with Crippen molar-refractivity contribution in [2.24, 2.45) is 7.05 Å². The maximum absolute atomic E-state index is 16.2. The number of imidazole rings is 1. The molecule has 0 bridgehead atoms. The Balaban J connectivity index is 0.869. The Morgan fingerprint density at radius 1 is 0.958 bits per heavy atom. The van der Waals surface area contributed by atoms with Crippen LogP contribution in [0.3, 0.4) is 0 Å². The molecular formula is C50H50FN11O9. The van der Waals surface area contributed by atoms with Crippen molar-refractivity contribution >= 4 is 74.3 Å². The summed E-state index contributed by atoms with van der Waals surface area (Å²) in [4.78, 5) is 99.7. The standard InChI is InChI=1S/C50H50FN11O9/c1-25(2)62-35-13-9-26(18-29(35)21-54-62)41-42-44-37(59(3)50(69)61(44)31-11-10-30(20-31)55-49(68)70-4)22-53-45(42)58-43(41)27-8-12-32(33(51)19-27)46(65)52-16-17-71-24-39(64)56-34-7-5-6-28-23-60(48(67)40(28)34)36-14-15-38(63)57-47(36)66/h5-9,12-13,18-19,21-22,25,30-31,36H,10-11,14-17,20,23-24H2,1-4H3,(H,52,65)(H,53,58)(H,55,68)(H,56,64)(H,57,63,66)/t30-,31-,36?/m1/s1. The van der Waals surface area contributed by atoms with Gasteiger partial charge < -0.3 is 35.3 Å². The number of piperidine rings is 1. The van der Waals surface area contributed by atoms with Crippen LogP contribution in [0.15, 0.2) is 71.8 Å². The minimum atomic E-state index is -0.805. The van der Waals surface area contributed by atoms with Crippen LogP contribution in [-0.4, -0.2) is 108 Å². The maximum Gasteiger partial charge on any atom is 0.407 e. The topological polar surface area (TPSA) is 246 Å². The minimum Gasteiger partial charge on any atom is -0.453 e. The van der Waals surface area contributed by atoms with E-state index >= 15 is 4.39 Å². The molecule has 2 aliphatic heterocycles. The molecule has 21 heteroatoms. The number of nitrogens with one attached hydrogen (secondary N) is 5. The molecule has 0 spiro atoms. The molecular weight excluding hydrogens is 918 g/mol. The number of anilines is 1. The van der Waals surface area contributed by atoms with Crippen molar-refractivity contribution in [1.29, 1.82) is 0 Å². The van der Waals surface area contributed by atoms with Gasteiger partial charge in [0, 0.05) is 61.2 Å². The first kappa shape index (κ1) is 46.5. The molecule has 6 heterocycles. The first-order chi connectivity index (χ1) is 34.2. The van der Waals surface area contributed by atoms with E-state index in [4.69, 9.17) is 14.5 Å². The number of aromatic nitrogens is 6. The monoisotopic (exact) mass is 967 g/mol. The molecule has 3 aromatic carbocycles. The number of aryl methyl sites for hydroxylation is 1. The normalized spacial score (nSPS) is 17.9. The number of benzene rings is 3. The van der Waals surface area contributed by atoms with Gasteiger partial charge in [0.15, 0.2) is 0 Å². The molecule has 1 aliphatic carbocycles. The molecule has 10 rings (SSSR count). The van der Waals surface area contributed by atoms with Crippen LogP contribution in [0.5, 0.6) is 0 Å². The first-order valence-electron chi connectivity index (χ1n) is 23.4. The molecule has 71 heavy (non-hydrogen) atoms. The lowest BCUT2D eigenvalue weighted by molar-refractivity contribution is -0.137. The molecule has 2 fully saturated rings. The van der Waals surface area contributed by atoms with E-state index in [9.17, 15) is 33.6 Å². The average Bonchev–Trinajstić information content (AvgIpc) is 4.18. The Labute approximate surface area is 403 Å². The number of alkyl carbamates (subject to hydrolysis) is 1. The smallest absolute Gasteiger partial charge is 0.407 e. The molecule has 5 N–H and O–H groups in total. The van der Waals surface area contributed by atoms with Crippen molar-refractivity contribution in [3.8, 4) is 22.4 Å². The number of pyridine rings is 1. The largest absolute Gasteiger partial charge is 0.453 e. The lowest BCUT2D eigenvalue weighted by atomic mass is 9.96. The predicted molar refractivity (Wildman–Crippen MR) is 258 cm³/mol. The first-order valence-corrected chi connectivity index (χ1v) is 23.4. The van der Waals surface area contributed by atoms with Gasteiger partial charge in [0.2, 0.25) is 17.7 Å². The number of carbonyl (C=O) groups is 6. The second-order valence-corrected chi connectivity index (χ2v) is 18.3. The van der Waals surface area contributed by atoms with E-state index in [0.717, 1.165) is 16.5 Å². The van der Waals surface area contributed by atoms with Crippen molar-refractivity contribution in [1.82, 2.24) is 49.7 Å². The number of amides is 6. The highest BCUT2D eigenvalue weighted by molar-refractivity contribution is 6.15. The number of rotatable bonds is 13. The maximum atomic E-state index is 16.2. The van der Waals surface area contributed by atoms with Crippen molar-refractivity contribution in [2.45, 2.75) is 76.7 Å². The summed E-state index contributed by atoms with van der Waals surface area (Å²) in [6.07, 6.45) is 4.96. The summed E-state index contributed by atoms with van der Waals surface area (Å²) >= 11 is 0. The molecule has 7 aromatic rings. The Bertz CT molecular complexity index is 3430. The van der Waals surface area contributed by atoms with E-state index < -0.39 is 54.1 Å². The summed E-state index contributed by atoms with van der Waals surface area (Å²) in [5.74, 6) is -3.44. The average molecular weight is 968 g/mol. The van der Waals surface area contributed by atoms with Crippen LogP contribution in [0.4, 0.5) is 14.9 Å².